The van der Waals surface area contributed by atoms with Crippen LogP contribution in [0.1, 0.15) is 29.7 Å². The maximum atomic E-state index is 12.5. The second kappa shape index (κ2) is 8.77. The average Bonchev–Trinajstić information content (AvgIpc) is 2.64. The van der Waals surface area contributed by atoms with Crippen molar-refractivity contribution in [2.45, 2.75) is 26.8 Å². The Morgan fingerprint density at radius 2 is 1.89 bits per heavy atom. The van der Waals surface area contributed by atoms with Gasteiger partial charge in [0.25, 0.3) is 5.91 Å². The number of benzene rings is 2. The van der Waals surface area contributed by atoms with Crippen LogP contribution >= 0.6 is 11.6 Å². The van der Waals surface area contributed by atoms with Crippen LogP contribution in [-0.2, 0) is 4.79 Å². The van der Waals surface area contributed by atoms with E-state index < -0.39 is 0 Å². The molecule has 2 aromatic carbocycles. The Balaban J connectivity index is 1.50. The second-order valence-electron chi connectivity index (χ2n) is 7.48. The van der Waals surface area contributed by atoms with E-state index in [1.807, 2.05) is 31.2 Å². The molecule has 1 fully saturated rings. The lowest BCUT2D eigenvalue weighted by Gasteiger charge is -2.34. The van der Waals surface area contributed by atoms with Gasteiger partial charge in [-0.2, -0.15) is 0 Å². The van der Waals surface area contributed by atoms with Crippen LogP contribution in [-0.4, -0.2) is 38.6 Å². The van der Waals surface area contributed by atoms with Gasteiger partial charge in [-0.3, -0.25) is 4.79 Å². The van der Waals surface area contributed by atoms with Gasteiger partial charge in [-0.25, -0.2) is 0 Å². The lowest BCUT2D eigenvalue weighted by molar-refractivity contribution is -0.892. The molecule has 0 radical (unpaired) electrons. The molecule has 1 atom stereocenters. The fraction of sp³-hybridized carbons (Fsp3) is 0.409. The number of aryl methyl sites for hydroxylation is 1. The Labute approximate surface area is 167 Å². The lowest BCUT2D eigenvalue weighted by atomic mass is 10.1. The molecule has 2 aromatic rings. The summed E-state index contributed by atoms with van der Waals surface area (Å²) in [5, 5.41) is 3.79. The standard InChI is InChI=1S/C22H28ClN3O/c1-16-6-4-9-21(17(16)2)26-12-10-25(11-13-26)15-22(27)24-18(3)19-7-5-8-20(23)14-19/h4-9,14,18H,10-13,15H2,1-3H3,(H,24,27)/p+1/t18-/m0/s1. The molecule has 0 bridgehead atoms. The van der Waals surface area contributed by atoms with Crippen LogP contribution in [0.2, 0.25) is 5.02 Å². The van der Waals surface area contributed by atoms with Crippen LogP contribution < -0.4 is 15.1 Å². The number of piperazine rings is 1. The van der Waals surface area contributed by atoms with Gasteiger partial charge >= 0.3 is 0 Å². The van der Waals surface area contributed by atoms with E-state index in [1.54, 1.807) is 0 Å². The second-order valence-corrected chi connectivity index (χ2v) is 7.91. The number of carbonyl (C=O) groups is 1. The van der Waals surface area contributed by atoms with Crippen molar-refractivity contribution in [3.63, 3.8) is 0 Å². The van der Waals surface area contributed by atoms with Gasteiger partial charge in [0.1, 0.15) is 0 Å². The summed E-state index contributed by atoms with van der Waals surface area (Å²) in [7, 11) is 0. The minimum Gasteiger partial charge on any atom is -0.360 e. The summed E-state index contributed by atoms with van der Waals surface area (Å²) in [4.78, 5) is 16.2. The molecule has 1 aliphatic rings. The maximum Gasteiger partial charge on any atom is 0.275 e. The molecule has 0 saturated carbocycles. The number of nitrogens with zero attached hydrogens (tertiary/aromatic N) is 1. The Hall–Kier alpha value is -2.04. The number of nitrogens with one attached hydrogen (secondary N) is 2. The smallest absolute Gasteiger partial charge is 0.275 e. The number of anilines is 1. The average molecular weight is 387 g/mol. The van der Waals surface area contributed by atoms with E-state index in [1.165, 1.54) is 21.7 Å². The highest BCUT2D eigenvalue weighted by Crippen LogP contribution is 2.22. The Morgan fingerprint density at radius 3 is 2.59 bits per heavy atom. The van der Waals surface area contributed by atoms with Crippen molar-refractivity contribution in [2.75, 3.05) is 37.6 Å². The van der Waals surface area contributed by atoms with Crippen molar-refractivity contribution < 1.29 is 9.69 Å². The first-order valence-electron chi connectivity index (χ1n) is 9.63. The molecule has 2 N–H and O–H groups in total. The molecule has 1 heterocycles. The van der Waals surface area contributed by atoms with E-state index >= 15 is 0 Å². The first-order valence-corrected chi connectivity index (χ1v) is 10.0. The molecule has 0 aliphatic carbocycles. The van der Waals surface area contributed by atoms with Gasteiger partial charge in [0.15, 0.2) is 6.54 Å². The summed E-state index contributed by atoms with van der Waals surface area (Å²) in [6, 6.07) is 14.1. The van der Waals surface area contributed by atoms with Crippen LogP contribution in [0.5, 0.6) is 0 Å². The van der Waals surface area contributed by atoms with E-state index in [9.17, 15) is 4.79 Å². The molecule has 0 unspecified atom stereocenters. The number of hydrogen-bond donors (Lipinski definition) is 2. The van der Waals surface area contributed by atoms with Crippen molar-refractivity contribution in [1.29, 1.82) is 0 Å². The first-order chi connectivity index (χ1) is 12.9. The third kappa shape index (κ3) is 5.02. The van der Waals surface area contributed by atoms with E-state index in [0.29, 0.717) is 11.6 Å². The molecular weight excluding hydrogens is 358 g/mol. The summed E-state index contributed by atoms with van der Waals surface area (Å²) in [6.45, 7) is 10.8. The van der Waals surface area contributed by atoms with E-state index in [4.69, 9.17) is 11.6 Å². The Morgan fingerprint density at radius 1 is 1.19 bits per heavy atom. The van der Waals surface area contributed by atoms with Crippen LogP contribution in [0.3, 0.4) is 0 Å². The van der Waals surface area contributed by atoms with Gasteiger partial charge in [0.05, 0.1) is 32.2 Å². The van der Waals surface area contributed by atoms with Crippen molar-refractivity contribution in [2.24, 2.45) is 0 Å². The summed E-state index contributed by atoms with van der Waals surface area (Å²) in [5.41, 5.74) is 5.05. The fourth-order valence-corrected chi connectivity index (χ4v) is 3.90. The Kier molecular flexibility index (Phi) is 6.40. The minimum atomic E-state index is -0.0353. The number of amides is 1. The van der Waals surface area contributed by atoms with Gasteiger partial charge < -0.3 is 15.1 Å². The quantitative estimate of drug-likeness (QED) is 0.828. The molecule has 144 valence electrons. The summed E-state index contributed by atoms with van der Waals surface area (Å²) in [5.74, 6) is 0.0951. The van der Waals surface area contributed by atoms with Gasteiger partial charge in [-0.15, -0.1) is 0 Å². The van der Waals surface area contributed by atoms with Gasteiger partial charge in [-0.1, -0.05) is 35.9 Å². The zero-order valence-electron chi connectivity index (χ0n) is 16.4. The van der Waals surface area contributed by atoms with Crippen LogP contribution in [0, 0.1) is 13.8 Å². The molecule has 4 nitrogen and oxygen atoms in total. The number of hydrogen-bond acceptors (Lipinski definition) is 2. The molecule has 0 spiro atoms. The maximum absolute atomic E-state index is 12.5. The highest BCUT2D eigenvalue weighted by molar-refractivity contribution is 6.30. The molecule has 0 aromatic heterocycles. The molecule has 27 heavy (non-hydrogen) atoms. The van der Waals surface area contributed by atoms with Gasteiger partial charge in [0.2, 0.25) is 0 Å². The lowest BCUT2D eigenvalue weighted by Crippen LogP contribution is -3.16. The summed E-state index contributed by atoms with van der Waals surface area (Å²) < 4.78 is 0. The largest absolute Gasteiger partial charge is 0.360 e. The normalized spacial score (nSPS) is 16.2. The van der Waals surface area contributed by atoms with Gasteiger partial charge in [-0.05, 0) is 55.7 Å². The van der Waals surface area contributed by atoms with Gasteiger partial charge in [0, 0.05) is 10.7 Å². The third-order valence-corrected chi connectivity index (χ3v) is 5.76. The fourth-order valence-electron chi connectivity index (χ4n) is 3.70. The van der Waals surface area contributed by atoms with Crippen molar-refractivity contribution in [3.8, 4) is 0 Å². The highest BCUT2D eigenvalue weighted by Gasteiger charge is 2.24. The number of quaternary nitrogens is 1. The van der Waals surface area contributed by atoms with Crippen LogP contribution in [0.25, 0.3) is 0 Å². The summed E-state index contributed by atoms with van der Waals surface area (Å²) >= 11 is 6.04. The zero-order valence-corrected chi connectivity index (χ0v) is 17.1. The molecule has 3 rings (SSSR count). The monoisotopic (exact) mass is 386 g/mol. The van der Waals surface area contributed by atoms with E-state index in [0.717, 1.165) is 31.7 Å². The number of halogens is 1. The summed E-state index contributed by atoms with van der Waals surface area (Å²) in [6.07, 6.45) is 0. The van der Waals surface area contributed by atoms with Crippen molar-refractivity contribution in [3.05, 3.63) is 64.2 Å². The zero-order chi connectivity index (χ0) is 19.4. The topological polar surface area (TPSA) is 36.8 Å². The first kappa shape index (κ1) is 19.7. The Bertz CT molecular complexity index is 800. The SMILES string of the molecule is Cc1cccc(N2CC[NH+](CC(=O)N[C@@H](C)c3cccc(Cl)c3)CC2)c1C. The molecular formula is C22H29ClN3O+. The van der Waals surface area contributed by atoms with Crippen LogP contribution in [0.15, 0.2) is 42.5 Å². The predicted octanol–water partition coefficient (Wildman–Crippen LogP) is 2.54. The molecule has 1 saturated heterocycles. The molecule has 1 amide bonds. The van der Waals surface area contributed by atoms with E-state index in [2.05, 4.69) is 42.3 Å². The van der Waals surface area contributed by atoms with Crippen molar-refractivity contribution in [1.82, 2.24) is 5.32 Å². The predicted molar refractivity (Wildman–Crippen MR) is 112 cm³/mol. The molecule has 5 heteroatoms. The number of rotatable bonds is 5. The molecule has 1 aliphatic heterocycles. The third-order valence-electron chi connectivity index (χ3n) is 5.52. The van der Waals surface area contributed by atoms with Crippen LogP contribution in [0.4, 0.5) is 5.69 Å². The van der Waals surface area contributed by atoms with E-state index in [-0.39, 0.29) is 11.9 Å². The van der Waals surface area contributed by atoms with Crippen molar-refractivity contribution >= 4 is 23.2 Å². The highest BCUT2D eigenvalue weighted by atomic mass is 35.5. The minimum absolute atomic E-state index is 0.0353. The number of carbonyl (C=O) groups excluding carboxylic acids is 1.